The second-order valence-corrected chi connectivity index (χ2v) is 4.38. The van der Waals surface area contributed by atoms with Crippen molar-refractivity contribution in [2.75, 3.05) is 6.61 Å². The van der Waals surface area contributed by atoms with Gasteiger partial charge in [-0.15, -0.1) is 0 Å². The van der Waals surface area contributed by atoms with Gasteiger partial charge in [-0.1, -0.05) is 25.1 Å². The highest BCUT2D eigenvalue weighted by Crippen LogP contribution is 2.33. The molecule has 0 fully saturated rings. The molecule has 1 aliphatic heterocycles. The van der Waals surface area contributed by atoms with Crippen LogP contribution in [-0.4, -0.2) is 18.6 Å². The van der Waals surface area contributed by atoms with Gasteiger partial charge >= 0.3 is 0 Å². The van der Waals surface area contributed by atoms with Gasteiger partial charge in [0, 0.05) is 11.6 Å². The van der Waals surface area contributed by atoms with Crippen molar-refractivity contribution in [3.8, 4) is 11.8 Å². The number of amides is 1. The molecule has 2 rings (SSSR count). The van der Waals surface area contributed by atoms with Crippen molar-refractivity contribution < 1.29 is 9.53 Å². The third kappa shape index (κ3) is 2.45. The summed E-state index contributed by atoms with van der Waals surface area (Å²) in [5.74, 6) is 0.474. The van der Waals surface area contributed by atoms with E-state index in [9.17, 15) is 4.79 Å². The van der Waals surface area contributed by atoms with E-state index in [1.807, 2.05) is 31.2 Å². The number of benzene rings is 1. The second-order valence-electron chi connectivity index (χ2n) is 4.38. The molecule has 4 heteroatoms. The molecule has 0 saturated carbocycles. The van der Waals surface area contributed by atoms with Gasteiger partial charge in [0.05, 0.1) is 12.5 Å². The first-order valence-corrected chi connectivity index (χ1v) is 6.15. The maximum absolute atomic E-state index is 12.2. The van der Waals surface area contributed by atoms with Crippen molar-refractivity contribution in [2.45, 2.75) is 31.7 Å². The van der Waals surface area contributed by atoms with Crippen LogP contribution in [0.25, 0.3) is 0 Å². The summed E-state index contributed by atoms with van der Waals surface area (Å²) in [6.07, 6.45) is 1.10. The van der Waals surface area contributed by atoms with Crippen LogP contribution in [0, 0.1) is 11.3 Å². The first kappa shape index (κ1) is 12.4. The summed E-state index contributed by atoms with van der Waals surface area (Å²) >= 11 is 0. The summed E-state index contributed by atoms with van der Waals surface area (Å²) in [5.41, 5.74) is 0.932. The molecular formula is C14H16N2O2. The van der Waals surface area contributed by atoms with Crippen molar-refractivity contribution in [2.24, 2.45) is 0 Å². The van der Waals surface area contributed by atoms with Crippen LogP contribution in [0.3, 0.4) is 0 Å². The molecule has 1 aromatic rings. The summed E-state index contributed by atoms with van der Waals surface area (Å²) in [4.78, 5) is 12.2. The molecule has 2 atom stereocenters. The van der Waals surface area contributed by atoms with Crippen LogP contribution in [0.4, 0.5) is 0 Å². The predicted octanol–water partition coefficient (Wildman–Crippen LogP) is 1.97. The Balaban J connectivity index is 2.05. The molecule has 2 unspecified atom stereocenters. The largest absolute Gasteiger partial charge is 0.492 e. The number of hydrogen-bond acceptors (Lipinski definition) is 3. The maximum Gasteiger partial charge on any atom is 0.231 e. The predicted molar refractivity (Wildman–Crippen MR) is 67.1 cm³/mol. The molecule has 0 radical (unpaired) electrons. The van der Waals surface area contributed by atoms with Gasteiger partial charge in [-0.05, 0) is 12.5 Å². The van der Waals surface area contributed by atoms with Gasteiger partial charge in [0.25, 0.3) is 0 Å². The fourth-order valence-corrected chi connectivity index (χ4v) is 2.09. The second kappa shape index (κ2) is 5.54. The van der Waals surface area contributed by atoms with E-state index in [0.29, 0.717) is 13.0 Å². The van der Waals surface area contributed by atoms with Gasteiger partial charge in [-0.2, -0.15) is 5.26 Å². The van der Waals surface area contributed by atoms with E-state index in [4.69, 9.17) is 10.00 Å². The van der Waals surface area contributed by atoms with E-state index in [-0.39, 0.29) is 17.9 Å². The Morgan fingerprint density at radius 1 is 1.61 bits per heavy atom. The molecule has 0 spiro atoms. The lowest BCUT2D eigenvalue weighted by atomic mass is 9.99. The summed E-state index contributed by atoms with van der Waals surface area (Å²) in [7, 11) is 0. The van der Waals surface area contributed by atoms with Gasteiger partial charge in [-0.3, -0.25) is 4.79 Å². The van der Waals surface area contributed by atoms with Gasteiger partial charge in [-0.25, -0.2) is 0 Å². The Bertz CT molecular complexity index is 479. The molecule has 0 aliphatic carbocycles. The SMILES string of the molecule is CCC(CC#N)NC(=O)C1COc2ccccc21. The lowest BCUT2D eigenvalue weighted by Crippen LogP contribution is -2.38. The number of fused-ring (bicyclic) bond motifs is 1. The Kier molecular flexibility index (Phi) is 3.83. The molecule has 0 saturated heterocycles. The van der Waals surface area contributed by atoms with Gasteiger partial charge < -0.3 is 10.1 Å². The Hall–Kier alpha value is -2.02. The summed E-state index contributed by atoms with van der Waals surface area (Å²) in [6, 6.07) is 9.59. The number of nitrogens with one attached hydrogen (secondary N) is 1. The molecule has 1 amide bonds. The highest BCUT2D eigenvalue weighted by atomic mass is 16.5. The van der Waals surface area contributed by atoms with Crippen LogP contribution in [0.15, 0.2) is 24.3 Å². The van der Waals surface area contributed by atoms with Gasteiger partial charge in [0.15, 0.2) is 0 Å². The van der Waals surface area contributed by atoms with E-state index in [2.05, 4.69) is 11.4 Å². The zero-order chi connectivity index (χ0) is 13.0. The number of para-hydroxylation sites is 1. The van der Waals surface area contributed by atoms with Crippen LogP contribution in [0.2, 0.25) is 0 Å². The normalized spacial score (nSPS) is 18.3. The number of nitrogens with zero attached hydrogens (tertiary/aromatic N) is 1. The van der Waals surface area contributed by atoms with Gasteiger partial charge in [0.1, 0.15) is 18.3 Å². The van der Waals surface area contributed by atoms with Crippen LogP contribution in [0.1, 0.15) is 31.2 Å². The van der Waals surface area contributed by atoms with E-state index in [1.54, 1.807) is 0 Å². The minimum Gasteiger partial charge on any atom is -0.492 e. The third-order valence-corrected chi connectivity index (χ3v) is 3.19. The lowest BCUT2D eigenvalue weighted by molar-refractivity contribution is -0.123. The van der Waals surface area contributed by atoms with Crippen LogP contribution in [-0.2, 0) is 4.79 Å². The molecule has 1 heterocycles. The lowest BCUT2D eigenvalue weighted by Gasteiger charge is -2.16. The van der Waals surface area contributed by atoms with E-state index in [1.165, 1.54) is 0 Å². The summed E-state index contributed by atoms with van der Waals surface area (Å²) in [5, 5.41) is 11.6. The number of nitriles is 1. The highest BCUT2D eigenvalue weighted by Gasteiger charge is 2.30. The molecule has 0 bridgehead atoms. The maximum atomic E-state index is 12.2. The number of carbonyl (C=O) groups excluding carboxylic acids is 1. The molecule has 18 heavy (non-hydrogen) atoms. The Morgan fingerprint density at radius 3 is 3.11 bits per heavy atom. The Labute approximate surface area is 107 Å². The minimum absolute atomic E-state index is 0.0537. The third-order valence-electron chi connectivity index (χ3n) is 3.19. The molecule has 4 nitrogen and oxygen atoms in total. The average molecular weight is 244 g/mol. The molecular weight excluding hydrogens is 228 g/mol. The molecule has 94 valence electrons. The van der Waals surface area contributed by atoms with Crippen molar-refractivity contribution >= 4 is 5.91 Å². The molecule has 1 aliphatic rings. The molecule has 1 N–H and O–H groups in total. The number of rotatable bonds is 4. The average Bonchev–Trinajstić information content (AvgIpc) is 2.82. The topological polar surface area (TPSA) is 62.1 Å². The van der Waals surface area contributed by atoms with Crippen LogP contribution < -0.4 is 10.1 Å². The first-order valence-electron chi connectivity index (χ1n) is 6.15. The Morgan fingerprint density at radius 2 is 2.39 bits per heavy atom. The van der Waals surface area contributed by atoms with Crippen LogP contribution >= 0.6 is 0 Å². The van der Waals surface area contributed by atoms with Crippen LogP contribution in [0.5, 0.6) is 5.75 Å². The number of hydrogen-bond donors (Lipinski definition) is 1. The number of carbonyl (C=O) groups is 1. The van der Waals surface area contributed by atoms with Crippen molar-refractivity contribution in [1.29, 1.82) is 5.26 Å². The standard InChI is InChI=1S/C14H16N2O2/c1-2-10(7-8-15)16-14(17)12-9-18-13-6-4-3-5-11(12)13/h3-6,10,12H,2,7,9H2,1H3,(H,16,17). The monoisotopic (exact) mass is 244 g/mol. The van der Waals surface area contributed by atoms with E-state index < -0.39 is 0 Å². The van der Waals surface area contributed by atoms with Gasteiger partial charge in [0.2, 0.25) is 5.91 Å². The minimum atomic E-state index is -0.256. The quantitative estimate of drug-likeness (QED) is 0.880. The summed E-state index contributed by atoms with van der Waals surface area (Å²) in [6.45, 7) is 2.34. The van der Waals surface area contributed by atoms with Crippen molar-refractivity contribution in [3.05, 3.63) is 29.8 Å². The summed E-state index contributed by atoms with van der Waals surface area (Å²) < 4.78 is 5.48. The first-order chi connectivity index (χ1) is 8.76. The molecule has 1 aromatic carbocycles. The van der Waals surface area contributed by atoms with Crippen molar-refractivity contribution in [3.63, 3.8) is 0 Å². The van der Waals surface area contributed by atoms with E-state index >= 15 is 0 Å². The molecule has 0 aromatic heterocycles. The van der Waals surface area contributed by atoms with E-state index in [0.717, 1.165) is 17.7 Å². The van der Waals surface area contributed by atoms with Crippen molar-refractivity contribution in [1.82, 2.24) is 5.32 Å². The highest BCUT2D eigenvalue weighted by molar-refractivity contribution is 5.85. The number of ether oxygens (including phenoxy) is 1. The zero-order valence-corrected chi connectivity index (χ0v) is 10.3. The fraction of sp³-hybridized carbons (Fsp3) is 0.429. The smallest absolute Gasteiger partial charge is 0.231 e. The fourth-order valence-electron chi connectivity index (χ4n) is 2.09. The zero-order valence-electron chi connectivity index (χ0n) is 10.3.